The molecule has 0 atom stereocenters. The monoisotopic (exact) mass is 310 g/mol. The number of rotatable bonds is 0. The highest BCUT2D eigenvalue weighted by Crippen LogP contribution is 2.30. The van der Waals surface area contributed by atoms with Gasteiger partial charge in [-0.25, -0.2) is 9.37 Å². The summed E-state index contributed by atoms with van der Waals surface area (Å²) in [5.74, 6) is -0.702. The molecule has 2 aromatic rings. The van der Waals surface area contributed by atoms with E-state index in [0.29, 0.717) is 4.47 Å². The van der Waals surface area contributed by atoms with E-state index >= 15 is 0 Å². The zero-order chi connectivity index (χ0) is 11.2. The number of nitrogens with zero attached hydrogens (tertiary/aromatic N) is 1. The van der Waals surface area contributed by atoms with Crippen molar-refractivity contribution >= 4 is 50.0 Å². The van der Waals surface area contributed by atoms with E-state index in [4.69, 9.17) is 23.2 Å². The summed E-state index contributed by atoms with van der Waals surface area (Å²) in [4.78, 5) is 17.3. The van der Waals surface area contributed by atoms with E-state index < -0.39 is 11.4 Å². The number of benzene rings is 1. The Labute approximate surface area is 101 Å². The molecule has 0 spiro atoms. The summed E-state index contributed by atoms with van der Waals surface area (Å²) in [5, 5.41) is -0.182. The number of fused-ring (bicyclic) bond motifs is 1. The lowest BCUT2D eigenvalue weighted by Crippen LogP contribution is -2.10. The van der Waals surface area contributed by atoms with Crippen LogP contribution in [0.25, 0.3) is 10.9 Å². The Morgan fingerprint density at radius 1 is 1.47 bits per heavy atom. The zero-order valence-corrected chi connectivity index (χ0v) is 10.0. The van der Waals surface area contributed by atoms with Gasteiger partial charge in [-0.2, -0.15) is 0 Å². The first-order valence-electron chi connectivity index (χ1n) is 3.73. The van der Waals surface area contributed by atoms with Crippen molar-refractivity contribution in [1.82, 2.24) is 9.97 Å². The van der Waals surface area contributed by atoms with E-state index in [1.807, 2.05) is 0 Å². The molecular formula is C8H2BrCl2FN2O. The molecule has 0 amide bonds. The largest absolute Gasteiger partial charge is 0.297 e. The van der Waals surface area contributed by atoms with Gasteiger partial charge >= 0.3 is 0 Å². The first kappa shape index (κ1) is 10.9. The van der Waals surface area contributed by atoms with Crippen molar-refractivity contribution < 1.29 is 4.39 Å². The van der Waals surface area contributed by atoms with Crippen LogP contribution in [0.1, 0.15) is 0 Å². The second-order valence-electron chi connectivity index (χ2n) is 2.73. The Bertz CT molecular complexity index is 614. The summed E-state index contributed by atoms with van der Waals surface area (Å²) < 4.78 is 13.8. The molecule has 0 radical (unpaired) electrons. The lowest BCUT2D eigenvalue weighted by Gasteiger charge is -2.02. The van der Waals surface area contributed by atoms with Crippen LogP contribution in [0, 0.1) is 5.82 Å². The number of hydrogen-bond acceptors (Lipinski definition) is 2. The fourth-order valence-electron chi connectivity index (χ4n) is 1.19. The molecule has 15 heavy (non-hydrogen) atoms. The summed E-state index contributed by atoms with van der Waals surface area (Å²) >= 11 is 14.4. The van der Waals surface area contributed by atoms with Crippen molar-refractivity contribution in [2.75, 3.05) is 0 Å². The number of hydrogen-bond donors (Lipinski definition) is 1. The van der Waals surface area contributed by atoms with Gasteiger partial charge in [0.1, 0.15) is 16.7 Å². The maximum absolute atomic E-state index is 13.4. The van der Waals surface area contributed by atoms with E-state index in [9.17, 15) is 9.18 Å². The molecule has 0 aliphatic carbocycles. The summed E-state index contributed by atoms with van der Waals surface area (Å²) in [7, 11) is 0. The normalized spacial score (nSPS) is 10.9. The molecule has 3 nitrogen and oxygen atoms in total. The first-order chi connectivity index (χ1) is 7.00. The van der Waals surface area contributed by atoms with Crippen molar-refractivity contribution in [3.05, 3.63) is 37.0 Å². The molecular weight excluding hydrogens is 310 g/mol. The van der Waals surface area contributed by atoms with Crippen LogP contribution in [0.3, 0.4) is 0 Å². The lowest BCUT2D eigenvalue weighted by atomic mass is 10.2. The molecule has 0 unspecified atom stereocenters. The van der Waals surface area contributed by atoms with Crippen LogP contribution in [0.5, 0.6) is 0 Å². The van der Waals surface area contributed by atoms with E-state index in [2.05, 4.69) is 25.9 Å². The molecule has 0 saturated heterocycles. The van der Waals surface area contributed by atoms with Gasteiger partial charge in [0.05, 0.1) is 5.02 Å². The Balaban J connectivity index is 3.10. The van der Waals surface area contributed by atoms with Gasteiger partial charge in [0.2, 0.25) is 5.28 Å². The summed E-state index contributed by atoms with van der Waals surface area (Å²) in [6.45, 7) is 0. The highest BCUT2D eigenvalue weighted by atomic mass is 79.9. The molecule has 78 valence electrons. The van der Waals surface area contributed by atoms with E-state index in [-0.39, 0.29) is 21.2 Å². The Morgan fingerprint density at radius 2 is 2.13 bits per heavy atom. The zero-order valence-electron chi connectivity index (χ0n) is 6.94. The number of aromatic nitrogens is 2. The van der Waals surface area contributed by atoms with Gasteiger partial charge in [0.25, 0.3) is 5.56 Å². The lowest BCUT2D eigenvalue weighted by molar-refractivity contribution is 0.637. The minimum absolute atomic E-state index is 0.0392. The molecule has 0 saturated carbocycles. The second kappa shape index (κ2) is 3.73. The average Bonchev–Trinajstić information content (AvgIpc) is 2.12. The first-order valence-corrected chi connectivity index (χ1v) is 5.28. The minimum atomic E-state index is -0.702. The number of H-pyrrole nitrogens is 1. The molecule has 1 aromatic heterocycles. The molecule has 1 N–H and O–H groups in total. The molecule has 0 aliphatic rings. The summed E-state index contributed by atoms with van der Waals surface area (Å²) in [6.07, 6.45) is 0. The third kappa shape index (κ3) is 1.75. The van der Waals surface area contributed by atoms with Gasteiger partial charge in [-0.3, -0.25) is 9.78 Å². The topological polar surface area (TPSA) is 45.8 Å². The second-order valence-corrected chi connectivity index (χ2v) is 4.32. The van der Waals surface area contributed by atoms with E-state index in [1.54, 1.807) is 0 Å². The van der Waals surface area contributed by atoms with Crippen molar-refractivity contribution in [3.63, 3.8) is 0 Å². The molecule has 2 rings (SSSR count). The van der Waals surface area contributed by atoms with Crippen LogP contribution < -0.4 is 5.56 Å². The SMILES string of the molecule is O=c1[nH]c(Cl)nc2c(Cl)c(Br)cc(F)c12. The third-order valence-electron chi connectivity index (χ3n) is 1.80. The predicted octanol–water partition coefficient (Wildman–Crippen LogP) is 3.13. The van der Waals surface area contributed by atoms with Crippen LogP contribution in [0.4, 0.5) is 4.39 Å². The van der Waals surface area contributed by atoms with Crippen LogP contribution in [-0.2, 0) is 0 Å². The fourth-order valence-corrected chi connectivity index (χ4v) is 1.94. The van der Waals surface area contributed by atoms with Crippen LogP contribution in [0.2, 0.25) is 10.3 Å². The van der Waals surface area contributed by atoms with Gasteiger partial charge < -0.3 is 0 Å². The highest BCUT2D eigenvalue weighted by Gasteiger charge is 2.14. The smallest absolute Gasteiger partial charge is 0.262 e. The third-order valence-corrected chi connectivity index (χ3v) is 3.22. The van der Waals surface area contributed by atoms with Crippen LogP contribution >= 0.6 is 39.1 Å². The van der Waals surface area contributed by atoms with Crippen molar-refractivity contribution in [3.8, 4) is 0 Å². The number of halogens is 4. The number of nitrogens with one attached hydrogen (secondary N) is 1. The predicted molar refractivity (Wildman–Crippen MR) is 60.0 cm³/mol. The highest BCUT2D eigenvalue weighted by molar-refractivity contribution is 9.10. The molecule has 1 aromatic carbocycles. The number of aromatic amines is 1. The van der Waals surface area contributed by atoms with Gasteiger partial charge in [-0.05, 0) is 33.6 Å². The molecule has 0 aliphatic heterocycles. The molecule has 7 heteroatoms. The minimum Gasteiger partial charge on any atom is -0.297 e. The molecule has 1 heterocycles. The Hall–Kier alpha value is -0.650. The van der Waals surface area contributed by atoms with Crippen molar-refractivity contribution in [2.45, 2.75) is 0 Å². The van der Waals surface area contributed by atoms with Gasteiger partial charge in [0, 0.05) is 4.47 Å². The maximum Gasteiger partial charge on any atom is 0.262 e. The summed E-state index contributed by atoms with van der Waals surface area (Å²) in [6, 6.07) is 1.11. The van der Waals surface area contributed by atoms with Crippen LogP contribution in [0.15, 0.2) is 15.3 Å². The van der Waals surface area contributed by atoms with E-state index in [0.717, 1.165) is 6.07 Å². The quantitative estimate of drug-likeness (QED) is 0.600. The van der Waals surface area contributed by atoms with Crippen LogP contribution in [-0.4, -0.2) is 9.97 Å². The van der Waals surface area contributed by atoms with Crippen molar-refractivity contribution in [1.29, 1.82) is 0 Å². The Kier molecular flexibility index (Phi) is 2.70. The molecule has 0 fully saturated rings. The average molecular weight is 312 g/mol. The standard InChI is InChI=1S/C8H2BrCl2FN2O/c9-2-1-3(12)4-6(5(2)10)13-8(11)14-7(4)15/h1H,(H,13,14,15). The van der Waals surface area contributed by atoms with Crippen molar-refractivity contribution in [2.24, 2.45) is 0 Å². The van der Waals surface area contributed by atoms with E-state index in [1.165, 1.54) is 0 Å². The maximum atomic E-state index is 13.4. The Morgan fingerprint density at radius 3 is 2.80 bits per heavy atom. The van der Waals surface area contributed by atoms with Gasteiger partial charge in [0.15, 0.2) is 0 Å². The van der Waals surface area contributed by atoms with Gasteiger partial charge in [-0.15, -0.1) is 0 Å². The van der Waals surface area contributed by atoms with Gasteiger partial charge in [-0.1, -0.05) is 11.6 Å². The fraction of sp³-hybridized carbons (Fsp3) is 0. The summed E-state index contributed by atoms with van der Waals surface area (Å²) in [5.41, 5.74) is -0.616. The molecule has 0 bridgehead atoms.